The molecule has 0 aliphatic rings. The number of rotatable bonds is 30. The van der Waals surface area contributed by atoms with Crippen molar-refractivity contribution >= 4 is 0 Å². The molecular weight excluding hydrogens is 496 g/mol. The van der Waals surface area contributed by atoms with E-state index in [2.05, 4.69) is 12.2 Å². The molecule has 2 atom stereocenters. The lowest BCUT2D eigenvalue weighted by molar-refractivity contribution is -0.188. The number of hydrogen-bond donors (Lipinski definition) is 0. The summed E-state index contributed by atoms with van der Waals surface area (Å²) in [6.45, 7) is 0. The van der Waals surface area contributed by atoms with E-state index in [0.29, 0.717) is 0 Å². The van der Waals surface area contributed by atoms with Gasteiger partial charge in [0.05, 0.1) is 0 Å². The zero-order valence-electron chi connectivity index (χ0n) is 26.2. The summed E-state index contributed by atoms with van der Waals surface area (Å²) in [6.07, 6.45) is 28.9. The van der Waals surface area contributed by atoms with Crippen molar-refractivity contribution in [1.29, 1.82) is 0 Å². The normalized spacial score (nSPS) is 13.9. The number of unbranched alkanes of at least 4 members (excludes halogenated alkanes) is 14. The van der Waals surface area contributed by atoms with Gasteiger partial charge in [-0.2, -0.15) is 0 Å². The van der Waals surface area contributed by atoms with Gasteiger partial charge < -0.3 is 33.2 Å². The van der Waals surface area contributed by atoms with Gasteiger partial charge in [0, 0.05) is 42.7 Å². The highest BCUT2D eigenvalue weighted by Crippen LogP contribution is 2.14. The molecule has 0 heterocycles. The van der Waals surface area contributed by atoms with Gasteiger partial charge in [0.25, 0.3) is 0 Å². The third-order valence-electron chi connectivity index (χ3n) is 6.99. The lowest BCUT2D eigenvalue weighted by Gasteiger charge is -2.18. The van der Waals surface area contributed by atoms with Gasteiger partial charge in [0.15, 0.2) is 25.2 Å². The second-order valence-electron chi connectivity index (χ2n) is 10.1. The quantitative estimate of drug-likeness (QED) is 0.0499. The second-order valence-corrected chi connectivity index (χ2v) is 10.1. The van der Waals surface area contributed by atoms with E-state index in [-0.39, 0.29) is 12.6 Å². The van der Waals surface area contributed by atoms with Crippen LogP contribution >= 0.6 is 0 Å². The fraction of sp³-hybridized carbons (Fsp3) is 0.875. The highest BCUT2D eigenvalue weighted by molar-refractivity contribution is 4.89. The molecule has 0 saturated heterocycles. The molecule has 2 unspecified atom stereocenters. The van der Waals surface area contributed by atoms with Crippen molar-refractivity contribution in [2.75, 3.05) is 42.7 Å². The molecule has 0 radical (unpaired) electrons. The summed E-state index contributed by atoms with van der Waals surface area (Å²) in [6, 6.07) is 0. The minimum atomic E-state index is -0.398. The smallest absolute Gasteiger partial charge is 0.179 e. The van der Waals surface area contributed by atoms with E-state index >= 15 is 0 Å². The van der Waals surface area contributed by atoms with Crippen molar-refractivity contribution in [2.24, 2.45) is 0 Å². The third-order valence-corrected chi connectivity index (χ3v) is 6.99. The fourth-order valence-corrected chi connectivity index (χ4v) is 4.48. The number of allylic oxidation sites excluding steroid dienone is 2. The first kappa shape index (κ1) is 38.2. The van der Waals surface area contributed by atoms with Crippen molar-refractivity contribution in [3.63, 3.8) is 0 Å². The first-order valence-corrected chi connectivity index (χ1v) is 15.3. The average molecular weight is 559 g/mol. The SMILES string of the molecule is COC(C=CCCCCCCCCCC(OC)OC)OC(C=CCCCCCCCCCC(OC)OC)OC. The summed E-state index contributed by atoms with van der Waals surface area (Å²) in [4.78, 5) is 0. The van der Waals surface area contributed by atoms with Crippen molar-refractivity contribution in [3.8, 4) is 0 Å². The lowest BCUT2D eigenvalue weighted by atomic mass is 10.1. The molecule has 0 bridgehead atoms. The van der Waals surface area contributed by atoms with Crippen LogP contribution in [0.5, 0.6) is 0 Å². The molecule has 0 aromatic carbocycles. The van der Waals surface area contributed by atoms with Gasteiger partial charge in [-0.3, -0.25) is 0 Å². The first-order chi connectivity index (χ1) is 19.1. The minimum Gasteiger partial charge on any atom is -0.356 e. The summed E-state index contributed by atoms with van der Waals surface area (Å²) in [7, 11) is 10.1. The molecule has 232 valence electrons. The second kappa shape index (κ2) is 30.2. The molecule has 0 amide bonds. The Hall–Kier alpha value is -0.800. The minimum absolute atomic E-state index is 0.0510. The molecule has 0 spiro atoms. The molecule has 7 nitrogen and oxygen atoms in total. The van der Waals surface area contributed by atoms with Crippen molar-refractivity contribution < 1.29 is 33.2 Å². The highest BCUT2D eigenvalue weighted by atomic mass is 16.8. The van der Waals surface area contributed by atoms with Crippen LogP contribution in [0.2, 0.25) is 0 Å². The maximum absolute atomic E-state index is 5.93. The number of ether oxygens (including phenoxy) is 7. The lowest BCUT2D eigenvalue weighted by Crippen LogP contribution is -2.22. The van der Waals surface area contributed by atoms with Crippen LogP contribution in [0.1, 0.15) is 116 Å². The summed E-state index contributed by atoms with van der Waals surface area (Å²) < 4.78 is 37.8. The van der Waals surface area contributed by atoms with Gasteiger partial charge in [-0.15, -0.1) is 0 Å². The summed E-state index contributed by atoms with van der Waals surface area (Å²) in [5.41, 5.74) is 0. The van der Waals surface area contributed by atoms with Gasteiger partial charge in [-0.25, -0.2) is 0 Å². The molecule has 0 aromatic heterocycles. The molecule has 0 aliphatic carbocycles. The number of hydrogen-bond acceptors (Lipinski definition) is 7. The first-order valence-electron chi connectivity index (χ1n) is 15.3. The van der Waals surface area contributed by atoms with Crippen molar-refractivity contribution in [2.45, 2.75) is 141 Å². The summed E-state index contributed by atoms with van der Waals surface area (Å²) in [5.74, 6) is 0. The van der Waals surface area contributed by atoms with Crippen molar-refractivity contribution in [1.82, 2.24) is 0 Å². The van der Waals surface area contributed by atoms with E-state index in [0.717, 1.165) is 38.5 Å². The average Bonchev–Trinajstić information content (AvgIpc) is 2.96. The maximum Gasteiger partial charge on any atom is 0.179 e. The molecular formula is C32H62O7. The van der Waals surface area contributed by atoms with Crippen LogP contribution in [0.3, 0.4) is 0 Å². The maximum atomic E-state index is 5.93. The van der Waals surface area contributed by atoms with Gasteiger partial charge in [-0.1, -0.05) is 76.4 Å². The topological polar surface area (TPSA) is 64.6 Å². The summed E-state index contributed by atoms with van der Waals surface area (Å²) in [5, 5.41) is 0. The van der Waals surface area contributed by atoms with Gasteiger partial charge in [0.1, 0.15) is 0 Å². The molecule has 0 saturated carbocycles. The van der Waals surface area contributed by atoms with E-state index in [1.54, 1.807) is 42.7 Å². The molecule has 0 N–H and O–H groups in total. The zero-order chi connectivity index (χ0) is 28.8. The Morgan fingerprint density at radius 2 is 0.692 bits per heavy atom. The molecule has 0 rings (SSSR count). The predicted molar refractivity (Wildman–Crippen MR) is 160 cm³/mol. The number of methoxy groups -OCH3 is 6. The third kappa shape index (κ3) is 24.7. The van der Waals surface area contributed by atoms with Gasteiger partial charge in [0.2, 0.25) is 0 Å². The molecule has 0 aromatic rings. The van der Waals surface area contributed by atoms with Crippen LogP contribution in [0.25, 0.3) is 0 Å². The monoisotopic (exact) mass is 558 g/mol. The Bertz CT molecular complexity index is 487. The highest BCUT2D eigenvalue weighted by Gasteiger charge is 2.10. The van der Waals surface area contributed by atoms with E-state index in [4.69, 9.17) is 33.2 Å². The molecule has 0 fully saturated rings. The van der Waals surface area contributed by atoms with E-state index in [1.807, 2.05) is 12.2 Å². The molecule has 39 heavy (non-hydrogen) atoms. The Balaban J connectivity index is 3.79. The van der Waals surface area contributed by atoms with Crippen LogP contribution in [0.4, 0.5) is 0 Å². The predicted octanol–water partition coefficient (Wildman–Crippen LogP) is 8.32. The fourth-order valence-electron chi connectivity index (χ4n) is 4.48. The van der Waals surface area contributed by atoms with Gasteiger partial charge >= 0.3 is 0 Å². The Morgan fingerprint density at radius 3 is 1.00 bits per heavy atom. The van der Waals surface area contributed by atoms with Crippen LogP contribution in [-0.2, 0) is 33.2 Å². The van der Waals surface area contributed by atoms with Crippen LogP contribution in [0.15, 0.2) is 24.3 Å². The Labute approximate surface area is 240 Å². The van der Waals surface area contributed by atoms with E-state index < -0.39 is 12.6 Å². The van der Waals surface area contributed by atoms with Crippen molar-refractivity contribution in [3.05, 3.63) is 24.3 Å². The largest absolute Gasteiger partial charge is 0.356 e. The zero-order valence-corrected chi connectivity index (χ0v) is 26.2. The van der Waals surface area contributed by atoms with Crippen LogP contribution < -0.4 is 0 Å². The Morgan fingerprint density at radius 1 is 0.385 bits per heavy atom. The van der Waals surface area contributed by atoms with E-state index in [9.17, 15) is 0 Å². The molecule has 0 aliphatic heterocycles. The Kier molecular flexibility index (Phi) is 29.5. The van der Waals surface area contributed by atoms with Crippen LogP contribution in [0, 0.1) is 0 Å². The summed E-state index contributed by atoms with van der Waals surface area (Å²) >= 11 is 0. The standard InChI is InChI=1S/C32H62O7/c1-33-29(34-2)25-21-17-13-9-7-11-15-19-23-27-31(37-5)39-32(38-6)28-24-20-16-12-8-10-14-18-22-26-30(35-3)36-4/h23-24,27-32H,7-22,25-26H2,1-6H3. The molecule has 7 heteroatoms. The van der Waals surface area contributed by atoms with Crippen LogP contribution in [-0.4, -0.2) is 67.8 Å². The van der Waals surface area contributed by atoms with E-state index in [1.165, 1.54) is 77.0 Å². The van der Waals surface area contributed by atoms with Gasteiger partial charge in [-0.05, 0) is 63.5 Å².